The first kappa shape index (κ1) is 17.8. The van der Waals surface area contributed by atoms with E-state index in [-0.39, 0.29) is 11.7 Å². The third-order valence-corrected chi connectivity index (χ3v) is 3.96. The van der Waals surface area contributed by atoms with E-state index in [1.165, 1.54) is 12.1 Å². The lowest BCUT2D eigenvalue weighted by molar-refractivity contribution is 0.0943. The van der Waals surface area contributed by atoms with Crippen LogP contribution in [0.2, 0.25) is 0 Å². The Morgan fingerprint density at radius 2 is 2.08 bits per heavy atom. The van der Waals surface area contributed by atoms with Gasteiger partial charge in [-0.3, -0.25) is 14.5 Å². The molecule has 0 unspecified atom stereocenters. The van der Waals surface area contributed by atoms with Crippen molar-refractivity contribution in [1.29, 1.82) is 0 Å². The number of nitrogens with zero attached hydrogens (tertiary/aromatic N) is 3. The minimum atomic E-state index is -0.325. The van der Waals surface area contributed by atoms with Gasteiger partial charge in [0.25, 0.3) is 5.91 Å². The van der Waals surface area contributed by atoms with Gasteiger partial charge in [0.2, 0.25) is 0 Å². The van der Waals surface area contributed by atoms with Crippen LogP contribution in [0, 0.1) is 5.82 Å². The summed E-state index contributed by atoms with van der Waals surface area (Å²) in [5.41, 5.74) is 2.65. The zero-order valence-corrected chi connectivity index (χ0v) is 14.7. The molecule has 3 aromatic rings. The van der Waals surface area contributed by atoms with Gasteiger partial charge in [-0.2, -0.15) is 5.10 Å². The first-order chi connectivity index (χ1) is 12.7. The second-order valence-corrected chi connectivity index (χ2v) is 5.98. The van der Waals surface area contributed by atoms with E-state index < -0.39 is 0 Å². The lowest BCUT2D eigenvalue weighted by atomic mass is 10.1. The molecule has 134 valence electrons. The topological polar surface area (TPSA) is 59.8 Å². The molecule has 26 heavy (non-hydrogen) atoms. The van der Waals surface area contributed by atoms with E-state index in [1.807, 2.05) is 25.1 Å². The number of pyridine rings is 1. The van der Waals surface area contributed by atoms with Crippen LogP contribution in [0.3, 0.4) is 0 Å². The fourth-order valence-corrected chi connectivity index (χ4v) is 2.71. The number of carbonyl (C=O) groups excluding carboxylic acids is 1. The molecule has 0 spiro atoms. The summed E-state index contributed by atoms with van der Waals surface area (Å²) >= 11 is 0. The van der Waals surface area contributed by atoms with Gasteiger partial charge in [-0.15, -0.1) is 0 Å². The molecule has 1 aromatic carbocycles. The summed E-state index contributed by atoms with van der Waals surface area (Å²) in [6.45, 7) is 3.13. The Morgan fingerprint density at radius 1 is 1.19 bits per heavy atom. The highest BCUT2D eigenvalue weighted by Crippen LogP contribution is 2.20. The van der Waals surface area contributed by atoms with Crippen molar-refractivity contribution in [2.75, 3.05) is 6.54 Å². The molecule has 6 heteroatoms. The predicted molar refractivity (Wildman–Crippen MR) is 98.2 cm³/mol. The van der Waals surface area contributed by atoms with Crippen LogP contribution in [0.25, 0.3) is 11.3 Å². The van der Waals surface area contributed by atoms with Crippen molar-refractivity contribution in [2.24, 2.45) is 0 Å². The molecular formula is C20H21FN4O. The van der Waals surface area contributed by atoms with E-state index in [2.05, 4.69) is 15.4 Å². The average molecular weight is 352 g/mol. The van der Waals surface area contributed by atoms with Gasteiger partial charge in [-0.05, 0) is 36.8 Å². The zero-order valence-electron chi connectivity index (χ0n) is 14.7. The van der Waals surface area contributed by atoms with Gasteiger partial charge in [-0.1, -0.05) is 25.1 Å². The van der Waals surface area contributed by atoms with Gasteiger partial charge in [0, 0.05) is 37.0 Å². The maximum atomic E-state index is 13.5. The Morgan fingerprint density at radius 3 is 2.81 bits per heavy atom. The van der Waals surface area contributed by atoms with Gasteiger partial charge in [0.1, 0.15) is 11.5 Å². The van der Waals surface area contributed by atoms with Crippen LogP contribution in [-0.4, -0.2) is 27.2 Å². The number of hydrogen-bond donors (Lipinski definition) is 1. The normalized spacial score (nSPS) is 10.7. The maximum absolute atomic E-state index is 13.5. The second kappa shape index (κ2) is 8.38. The molecule has 0 bridgehead atoms. The minimum absolute atomic E-state index is 0.190. The molecule has 0 fully saturated rings. The first-order valence-electron chi connectivity index (χ1n) is 8.69. The van der Waals surface area contributed by atoms with Crippen molar-refractivity contribution in [3.63, 3.8) is 0 Å². The Labute approximate surface area is 151 Å². The number of aryl methyl sites for hydroxylation is 1. The summed E-state index contributed by atoms with van der Waals surface area (Å²) in [4.78, 5) is 16.8. The molecule has 0 atom stereocenters. The van der Waals surface area contributed by atoms with Gasteiger partial charge >= 0.3 is 0 Å². The number of amides is 1. The summed E-state index contributed by atoms with van der Waals surface area (Å²) in [6, 6.07) is 13.6. The summed E-state index contributed by atoms with van der Waals surface area (Å²) in [5, 5.41) is 7.38. The summed E-state index contributed by atoms with van der Waals surface area (Å²) < 4.78 is 15.2. The van der Waals surface area contributed by atoms with Crippen LogP contribution < -0.4 is 5.32 Å². The number of rotatable bonds is 7. The molecular weight excluding hydrogens is 331 g/mol. The smallest absolute Gasteiger partial charge is 0.269 e. The lowest BCUT2D eigenvalue weighted by Crippen LogP contribution is -2.28. The number of hydrogen-bond acceptors (Lipinski definition) is 3. The van der Waals surface area contributed by atoms with Crippen molar-refractivity contribution in [3.05, 3.63) is 71.9 Å². The molecule has 0 saturated heterocycles. The van der Waals surface area contributed by atoms with Crippen LogP contribution in [0.15, 0.2) is 54.7 Å². The number of carbonyl (C=O) groups is 1. The van der Waals surface area contributed by atoms with E-state index in [4.69, 9.17) is 0 Å². The van der Waals surface area contributed by atoms with Crippen LogP contribution >= 0.6 is 0 Å². The molecule has 3 rings (SSSR count). The number of halogens is 1. The average Bonchev–Trinajstić information content (AvgIpc) is 3.07. The molecule has 1 amide bonds. The van der Waals surface area contributed by atoms with Crippen LogP contribution in [-0.2, 0) is 13.0 Å². The monoisotopic (exact) mass is 352 g/mol. The number of aromatic nitrogens is 3. The molecule has 0 radical (unpaired) electrons. The highest BCUT2D eigenvalue weighted by atomic mass is 19.1. The molecule has 5 nitrogen and oxygen atoms in total. The highest BCUT2D eigenvalue weighted by Gasteiger charge is 2.16. The standard InChI is InChI=1S/C20H21FN4O/c1-2-12-25-19(14-18(24-25)15-6-5-7-16(21)13-15)20(26)23-11-9-17-8-3-4-10-22-17/h3-8,10,13-14H,2,9,11-12H2,1H3,(H,23,26). The van der Waals surface area contributed by atoms with Crippen LogP contribution in [0.5, 0.6) is 0 Å². The first-order valence-corrected chi connectivity index (χ1v) is 8.69. The van der Waals surface area contributed by atoms with Crippen molar-refractivity contribution in [3.8, 4) is 11.3 Å². The molecule has 0 aliphatic rings. The van der Waals surface area contributed by atoms with E-state index >= 15 is 0 Å². The summed E-state index contributed by atoms with van der Waals surface area (Å²) in [5.74, 6) is -0.515. The molecule has 0 aliphatic carbocycles. The predicted octanol–water partition coefficient (Wildman–Crippen LogP) is 3.47. The number of nitrogens with one attached hydrogen (secondary N) is 1. The van der Waals surface area contributed by atoms with Gasteiger partial charge in [0.15, 0.2) is 0 Å². The fraction of sp³-hybridized carbons (Fsp3) is 0.250. The van der Waals surface area contributed by atoms with Crippen molar-refractivity contribution in [2.45, 2.75) is 26.3 Å². The molecule has 2 aromatic heterocycles. The third-order valence-electron chi connectivity index (χ3n) is 3.96. The fourth-order valence-electron chi connectivity index (χ4n) is 2.71. The maximum Gasteiger partial charge on any atom is 0.269 e. The summed E-state index contributed by atoms with van der Waals surface area (Å²) in [6.07, 6.45) is 3.24. The molecule has 0 saturated carbocycles. The van der Waals surface area contributed by atoms with E-state index in [9.17, 15) is 9.18 Å². The SMILES string of the molecule is CCCn1nc(-c2cccc(F)c2)cc1C(=O)NCCc1ccccn1. The Hall–Kier alpha value is -3.02. The molecule has 0 aliphatic heterocycles. The Balaban J connectivity index is 1.74. The Kier molecular flexibility index (Phi) is 5.73. The van der Waals surface area contributed by atoms with Crippen LogP contribution in [0.1, 0.15) is 29.5 Å². The van der Waals surface area contributed by atoms with Crippen molar-refractivity contribution in [1.82, 2.24) is 20.1 Å². The second-order valence-electron chi connectivity index (χ2n) is 5.98. The van der Waals surface area contributed by atoms with Gasteiger partial charge < -0.3 is 5.32 Å². The van der Waals surface area contributed by atoms with Gasteiger partial charge in [-0.25, -0.2) is 4.39 Å². The Bertz CT molecular complexity index is 877. The van der Waals surface area contributed by atoms with E-state index in [0.29, 0.717) is 36.5 Å². The molecule has 1 N–H and O–H groups in total. The van der Waals surface area contributed by atoms with E-state index in [0.717, 1.165) is 12.1 Å². The number of benzene rings is 1. The molecule has 2 heterocycles. The van der Waals surface area contributed by atoms with E-state index in [1.54, 1.807) is 29.1 Å². The highest BCUT2D eigenvalue weighted by molar-refractivity contribution is 5.93. The summed E-state index contributed by atoms with van der Waals surface area (Å²) in [7, 11) is 0. The minimum Gasteiger partial charge on any atom is -0.350 e. The van der Waals surface area contributed by atoms with Crippen LogP contribution in [0.4, 0.5) is 4.39 Å². The largest absolute Gasteiger partial charge is 0.350 e. The van der Waals surface area contributed by atoms with Crippen molar-refractivity contribution < 1.29 is 9.18 Å². The quantitative estimate of drug-likeness (QED) is 0.708. The third kappa shape index (κ3) is 4.33. The lowest BCUT2D eigenvalue weighted by Gasteiger charge is -2.07. The van der Waals surface area contributed by atoms with Crippen molar-refractivity contribution >= 4 is 5.91 Å². The zero-order chi connectivity index (χ0) is 18.4. The van der Waals surface area contributed by atoms with Gasteiger partial charge in [0.05, 0.1) is 5.69 Å².